The van der Waals surface area contributed by atoms with Crippen LogP contribution in [0, 0.1) is 5.92 Å². The molecule has 4 rings (SSSR count). The molecule has 1 N–H and O–H groups in total. The molecule has 4 heteroatoms. The van der Waals surface area contributed by atoms with Gasteiger partial charge in [0.05, 0.1) is 11.7 Å². The molecule has 128 valence electrons. The Morgan fingerprint density at radius 1 is 1.30 bits per heavy atom. The van der Waals surface area contributed by atoms with Crippen molar-refractivity contribution in [2.24, 2.45) is 5.92 Å². The van der Waals surface area contributed by atoms with Crippen LogP contribution in [0.5, 0.6) is 0 Å². The summed E-state index contributed by atoms with van der Waals surface area (Å²) in [5.41, 5.74) is 1.22. The second-order valence-electron chi connectivity index (χ2n) is 8.51. The number of rotatable bonds is 2. The van der Waals surface area contributed by atoms with Gasteiger partial charge >= 0.3 is 0 Å². The Morgan fingerprint density at radius 2 is 2.00 bits per heavy atom. The van der Waals surface area contributed by atoms with E-state index in [9.17, 15) is 4.79 Å². The third-order valence-corrected chi connectivity index (χ3v) is 6.97. The zero-order valence-electron chi connectivity index (χ0n) is 15.1. The van der Waals surface area contributed by atoms with Crippen LogP contribution in [-0.2, 0) is 4.79 Å². The van der Waals surface area contributed by atoms with E-state index in [1.807, 2.05) is 11.9 Å². The van der Waals surface area contributed by atoms with Gasteiger partial charge in [-0.3, -0.25) is 15.0 Å². The largest absolute Gasteiger partial charge is 0.315 e. The summed E-state index contributed by atoms with van der Waals surface area (Å²) >= 11 is 0. The van der Waals surface area contributed by atoms with Gasteiger partial charge in [0.2, 0.25) is 5.91 Å². The second kappa shape index (κ2) is 5.06. The Labute approximate surface area is 140 Å². The van der Waals surface area contributed by atoms with E-state index >= 15 is 0 Å². The van der Waals surface area contributed by atoms with E-state index in [-0.39, 0.29) is 23.2 Å². The third-order valence-electron chi connectivity index (χ3n) is 6.97. The fourth-order valence-corrected chi connectivity index (χ4v) is 5.63. The van der Waals surface area contributed by atoms with Gasteiger partial charge in [-0.25, -0.2) is 0 Å². The number of hydrogen-bond donors (Lipinski definition) is 1. The molecule has 1 amide bonds. The van der Waals surface area contributed by atoms with Crippen molar-refractivity contribution in [3.8, 4) is 0 Å². The van der Waals surface area contributed by atoms with E-state index in [4.69, 9.17) is 0 Å². The van der Waals surface area contributed by atoms with Crippen molar-refractivity contribution in [3.05, 3.63) is 11.8 Å². The number of hydrogen-bond acceptors (Lipinski definition) is 3. The van der Waals surface area contributed by atoms with Crippen LogP contribution in [0.15, 0.2) is 11.8 Å². The van der Waals surface area contributed by atoms with Gasteiger partial charge in [0, 0.05) is 18.6 Å². The van der Waals surface area contributed by atoms with E-state index in [1.54, 1.807) is 0 Å². The van der Waals surface area contributed by atoms with Gasteiger partial charge in [0.25, 0.3) is 0 Å². The highest BCUT2D eigenvalue weighted by Crippen LogP contribution is 2.52. The molecule has 23 heavy (non-hydrogen) atoms. The number of amides is 1. The molecule has 1 saturated heterocycles. The summed E-state index contributed by atoms with van der Waals surface area (Å²) in [6.07, 6.45) is 10.7. The number of likely N-dealkylation sites (N-methyl/N-ethyl adjacent to an activating group) is 1. The number of carbonyl (C=O) groups excluding carboxylic acids is 1. The maximum atomic E-state index is 13.0. The molecule has 4 atom stereocenters. The van der Waals surface area contributed by atoms with E-state index in [0.717, 1.165) is 18.8 Å². The molecule has 0 radical (unpaired) electrons. The lowest BCUT2D eigenvalue weighted by molar-refractivity contribution is -0.149. The fraction of sp³-hybridized carbons (Fsp3) is 0.842. The van der Waals surface area contributed by atoms with E-state index in [2.05, 4.69) is 37.1 Å². The summed E-state index contributed by atoms with van der Waals surface area (Å²) in [7, 11) is 1.97. The lowest BCUT2D eigenvalue weighted by atomic mass is 9.91. The summed E-state index contributed by atoms with van der Waals surface area (Å²) in [4.78, 5) is 17.5. The number of carbonyl (C=O) groups is 1. The lowest BCUT2D eigenvalue weighted by Crippen LogP contribution is -2.73. The van der Waals surface area contributed by atoms with Crippen molar-refractivity contribution in [2.45, 2.75) is 89.0 Å². The van der Waals surface area contributed by atoms with Crippen LogP contribution in [-0.4, -0.2) is 46.0 Å². The molecular weight excluding hydrogens is 286 g/mol. The normalized spacial score (nSPS) is 44.6. The van der Waals surface area contributed by atoms with Crippen LogP contribution in [0.2, 0.25) is 0 Å². The maximum Gasteiger partial charge on any atom is 0.243 e. The Kier molecular flexibility index (Phi) is 3.44. The molecule has 3 fully saturated rings. The van der Waals surface area contributed by atoms with Gasteiger partial charge < -0.3 is 4.90 Å². The maximum absolute atomic E-state index is 13.0. The first kappa shape index (κ1) is 15.6. The van der Waals surface area contributed by atoms with Crippen molar-refractivity contribution >= 4 is 5.91 Å². The molecule has 0 aromatic rings. The van der Waals surface area contributed by atoms with Crippen LogP contribution in [0.3, 0.4) is 0 Å². The number of fused-ring (bicyclic) bond motifs is 2. The summed E-state index contributed by atoms with van der Waals surface area (Å²) in [5, 5.41) is 4.01. The number of nitrogens with zero attached hydrogens (tertiary/aromatic N) is 2. The van der Waals surface area contributed by atoms with Gasteiger partial charge in [-0.2, -0.15) is 0 Å². The highest BCUT2D eigenvalue weighted by Gasteiger charge is 2.60. The van der Waals surface area contributed by atoms with E-state index in [1.165, 1.54) is 37.8 Å². The Hall–Kier alpha value is -0.870. The Morgan fingerprint density at radius 3 is 2.65 bits per heavy atom. The summed E-state index contributed by atoms with van der Waals surface area (Å²) in [6.45, 7) is 6.85. The Balaban J connectivity index is 1.80. The zero-order chi connectivity index (χ0) is 16.4. The van der Waals surface area contributed by atoms with Gasteiger partial charge in [-0.15, -0.1) is 0 Å². The Bertz CT molecular complexity index is 553. The summed E-state index contributed by atoms with van der Waals surface area (Å²) in [5.74, 6) is 1.01. The molecule has 2 aliphatic heterocycles. The van der Waals surface area contributed by atoms with Crippen molar-refractivity contribution in [3.63, 3.8) is 0 Å². The van der Waals surface area contributed by atoms with Gasteiger partial charge in [-0.1, -0.05) is 25.8 Å². The highest BCUT2D eigenvalue weighted by molar-refractivity contribution is 5.85. The average molecular weight is 317 g/mol. The van der Waals surface area contributed by atoms with Crippen LogP contribution in [0.1, 0.15) is 65.7 Å². The molecule has 0 aromatic heterocycles. The van der Waals surface area contributed by atoms with Crippen molar-refractivity contribution < 1.29 is 4.79 Å². The molecule has 2 heterocycles. The SMILES string of the molecule is CC[C@@H]1C(=O)N(C)C2=CCC3CC3(C)NC2(C)N1C1CCCC1. The summed E-state index contributed by atoms with van der Waals surface area (Å²) < 4.78 is 0. The van der Waals surface area contributed by atoms with Gasteiger partial charge in [-0.05, 0) is 51.9 Å². The van der Waals surface area contributed by atoms with E-state index < -0.39 is 0 Å². The first-order valence-corrected chi connectivity index (χ1v) is 9.46. The first-order valence-electron chi connectivity index (χ1n) is 9.46. The van der Waals surface area contributed by atoms with Crippen molar-refractivity contribution in [1.29, 1.82) is 0 Å². The standard InChI is InChI=1S/C19H31N3O/c1-5-15-17(23)21(4)16-11-10-13-12-18(13,2)20-19(16,3)22(15)14-8-6-7-9-14/h11,13-15,20H,5-10,12H2,1-4H3/t13?,15-,18?,19?/m1/s1. The number of nitrogens with one attached hydrogen (secondary N) is 1. The van der Waals surface area contributed by atoms with Crippen LogP contribution in [0.4, 0.5) is 0 Å². The second-order valence-corrected chi connectivity index (χ2v) is 8.51. The number of piperazine rings is 1. The predicted molar refractivity (Wildman–Crippen MR) is 91.7 cm³/mol. The van der Waals surface area contributed by atoms with Crippen LogP contribution >= 0.6 is 0 Å². The molecule has 4 aliphatic rings. The van der Waals surface area contributed by atoms with Crippen LogP contribution < -0.4 is 5.32 Å². The monoisotopic (exact) mass is 317 g/mol. The minimum atomic E-state index is -0.210. The smallest absolute Gasteiger partial charge is 0.243 e. The third kappa shape index (κ3) is 2.14. The molecule has 0 bridgehead atoms. The fourth-order valence-electron chi connectivity index (χ4n) is 5.63. The molecule has 2 aliphatic carbocycles. The molecular formula is C19H31N3O. The molecule has 2 saturated carbocycles. The first-order chi connectivity index (χ1) is 10.9. The topological polar surface area (TPSA) is 35.6 Å². The predicted octanol–water partition coefficient (Wildman–Crippen LogP) is 2.85. The van der Waals surface area contributed by atoms with Gasteiger partial charge in [0.1, 0.15) is 5.66 Å². The highest BCUT2D eigenvalue weighted by atomic mass is 16.2. The molecule has 0 aromatic carbocycles. The summed E-state index contributed by atoms with van der Waals surface area (Å²) in [6, 6.07) is 0.550. The van der Waals surface area contributed by atoms with E-state index in [0.29, 0.717) is 6.04 Å². The minimum absolute atomic E-state index is 0.0108. The molecule has 4 nitrogen and oxygen atoms in total. The van der Waals surface area contributed by atoms with Crippen LogP contribution in [0.25, 0.3) is 0 Å². The quantitative estimate of drug-likeness (QED) is 0.850. The van der Waals surface area contributed by atoms with Crippen molar-refractivity contribution in [1.82, 2.24) is 15.1 Å². The lowest BCUT2D eigenvalue weighted by Gasteiger charge is -2.56. The average Bonchev–Trinajstić information content (AvgIpc) is 2.91. The molecule has 3 unspecified atom stereocenters. The number of allylic oxidation sites excluding steroid dienone is 1. The van der Waals surface area contributed by atoms with Gasteiger partial charge in [0.15, 0.2) is 0 Å². The minimum Gasteiger partial charge on any atom is -0.315 e. The van der Waals surface area contributed by atoms with Crippen molar-refractivity contribution in [2.75, 3.05) is 7.05 Å². The molecule has 0 spiro atoms. The zero-order valence-corrected chi connectivity index (χ0v) is 15.1.